The maximum Gasteiger partial charge on any atom is 0.227 e. The first-order valence-corrected chi connectivity index (χ1v) is 7.90. The van der Waals surface area contributed by atoms with Crippen molar-refractivity contribution >= 4 is 5.91 Å². The van der Waals surface area contributed by atoms with Gasteiger partial charge in [-0.25, -0.2) is 0 Å². The molecule has 108 valence electrons. The van der Waals surface area contributed by atoms with Crippen LogP contribution in [0.2, 0.25) is 0 Å². The molecule has 2 heterocycles. The molecule has 4 unspecified atom stereocenters. The molecule has 2 aliphatic heterocycles. The van der Waals surface area contributed by atoms with Crippen LogP contribution in [-0.2, 0) is 4.79 Å². The zero-order valence-corrected chi connectivity index (χ0v) is 12.0. The highest BCUT2D eigenvalue weighted by molar-refractivity contribution is 5.83. The number of carbonyl (C=O) groups excluding carboxylic acids is 1. The monoisotopic (exact) mass is 265 g/mol. The summed E-state index contributed by atoms with van der Waals surface area (Å²) in [6, 6.07) is 1.12. The van der Waals surface area contributed by atoms with E-state index in [1.54, 1.807) is 0 Å². The summed E-state index contributed by atoms with van der Waals surface area (Å²) in [6.07, 6.45) is 7.90. The normalized spacial score (nSPS) is 43.2. The average molecular weight is 265 g/mol. The van der Waals surface area contributed by atoms with Crippen molar-refractivity contribution in [2.24, 2.45) is 11.1 Å². The summed E-state index contributed by atoms with van der Waals surface area (Å²) >= 11 is 0. The van der Waals surface area contributed by atoms with Gasteiger partial charge in [0, 0.05) is 24.7 Å². The van der Waals surface area contributed by atoms with Crippen LogP contribution in [-0.4, -0.2) is 42.0 Å². The number of nitrogens with one attached hydrogen (secondary N) is 1. The second kappa shape index (κ2) is 5.06. The Bertz CT molecular complexity index is 359. The predicted octanol–water partition coefficient (Wildman–Crippen LogP) is 1.25. The van der Waals surface area contributed by atoms with Crippen LogP contribution in [0.25, 0.3) is 0 Å². The van der Waals surface area contributed by atoms with Gasteiger partial charge in [0.25, 0.3) is 0 Å². The molecule has 4 nitrogen and oxygen atoms in total. The van der Waals surface area contributed by atoms with Gasteiger partial charge in [0.2, 0.25) is 5.91 Å². The quantitative estimate of drug-likeness (QED) is 0.790. The number of hydrogen-bond acceptors (Lipinski definition) is 3. The number of carbonyl (C=O) groups is 1. The van der Waals surface area contributed by atoms with E-state index in [0.717, 1.165) is 38.6 Å². The van der Waals surface area contributed by atoms with Gasteiger partial charge in [0.15, 0.2) is 0 Å². The minimum Gasteiger partial charge on any atom is -0.353 e. The van der Waals surface area contributed by atoms with Crippen LogP contribution in [0.1, 0.15) is 51.9 Å². The van der Waals surface area contributed by atoms with Crippen molar-refractivity contribution in [1.29, 1.82) is 0 Å². The number of piperidine rings is 1. The van der Waals surface area contributed by atoms with Gasteiger partial charge in [-0.1, -0.05) is 6.42 Å². The molecule has 1 aliphatic carbocycles. The number of nitrogens with zero attached hydrogens (tertiary/aromatic N) is 1. The highest BCUT2D eigenvalue weighted by atomic mass is 16.2. The third-order valence-electron chi connectivity index (χ3n) is 5.70. The topological polar surface area (TPSA) is 58.4 Å². The molecule has 19 heavy (non-hydrogen) atoms. The van der Waals surface area contributed by atoms with Crippen LogP contribution < -0.4 is 11.1 Å². The molecule has 0 radical (unpaired) electrons. The van der Waals surface area contributed by atoms with E-state index in [9.17, 15) is 4.79 Å². The first-order chi connectivity index (χ1) is 9.09. The van der Waals surface area contributed by atoms with E-state index in [1.807, 2.05) is 6.92 Å². The third kappa shape index (κ3) is 2.40. The Kier molecular flexibility index (Phi) is 3.56. The minimum absolute atomic E-state index is 0.0408. The fraction of sp³-hybridized carbons (Fsp3) is 0.933. The standard InChI is InChI=1S/C15H27N3O/c1-15(7-2-5-13(15)16)14(19)17-11-6-9-18-8-3-4-12(18)10-11/h11-13H,2-10,16H2,1H3,(H,17,19). The third-order valence-corrected chi connectivity index (χ3v) is 5.70. The van der Waals surface area contributed by atoms with E-state index < -0.39 is 0 Å². The Labute approximate surface area is 116 Å². The highest BCUT2D eigenvalue weighted by Gasteiger charge is 2.44. The first-order valence-electron chi connectivity index (χ1n) is 7.90. The molecule has 0 bridgehead atoms. The molecule has 0 spiro atoms. The molecule has 1 amide bonds. The average Bonchev–Trinajstić information content (AvgIpc) is 2.97. The van der Waals surface area contributed by atoms with Crippen molar-refractivity contribution in [3.05, 3.63) is 0 Å². The summed E-state index contributed by atoms with van der Waals surface area (Å²) in [7, 11) is 0. The SMILES string of the molecule is CC1(C(=O)NC2CCN3CCCC3C2)CCCC1N. The molecule has 2 saturated heterocycles. The Morgan fingerprint density at radius 2 is 2.11 bits per heavy atom. The Morgan fingerprint density at radius 3 is 2.84 bits per heavy atom. The van der Waals surface area contributed by atoms with Crippen molar-refractivity contribution in [3.8, 4) is 0 Å². The number of fused-ring (bicyclic) bond motifs is 1. The molecule has 4 heteroatoms. The zero-order valence-electron chi connectivity index (χ0n) is 12.0. The molecule has 3 rings (SSSR count). The highest BCUT2D eigenvalue weighted by Crippen LogP contribution is 2.37. The first kappa shape index (κ1) is 13.4. The van der Waals surface area contributed by atoms with Gasteiger partial charge < -0.3 is 16.0 Å². The lowest BCUT2D eigenvalue weighted by molar-refractivity contribution is -0.131. The van der Waals surface area contributed by atoms with Gasteiger partial charge in [-0.15, -0.1) is 0 Å². The summed E-state index contributed by atoms with van der Waals surface area (Å²) in [5.74, 6) is 0.203. The molecule has 1 saturated carbocycles. The summed E-state index contributed by atoms with van der Waals surface area (Å²) in [6.45, 7) is 4.46. The van der Waals surface area contributed by atoms with Crippen LogP contribution in [0.3, 0.4) is 0 Å². The van der Waals surface area contributed by atoms with Gasteiger partial charge in [0.05, 0.1) is 5.41 Å². The Morgan fingerprint density at radius 1 is 1.26 bits per heavy atom. The lowest BCUT2D eigenvalue weighted by Gasteiger charge is -2.37. The summed E-state index contributed by atoms with van der Waals surface area (Å²) in [4.78, 5) is 15.1. The van der Waals surface area contributed by atoms with Crippen LogP contribution >= 0.6 is 0 Å². The van der Waals surface area contributed by atoms with Crippen LogP contribution in [0.4, 0.5) is 0 Å². The van der Waals surface area contributed by atoms with E-state index in [1.165, 1.54) is 19.4 Å². The maximum absolute atomic E-state index is 12.5. The zero-order chi connectivity index (χ0) is 13.5. The molecule has 0 aromatic heterocycles. The molecular weight excluding hydrogens is 238 g/mol. The van der Waals surface area contributed by atoms with Crippen molar-refractivity contribution in [2.45, 2.75) is 70.0 Å². The van der Waals surface area contributed by atoms with E-state index in [0.29, 0.717) is 12.1 Å². The van der Waals surface area contributed by atoms with E-state index in [4.69, 9.17) is 5.73 Å². The molecule has 3 fully saturated rings. The molecule has 3 N–H and O–H groups in total. The minimum atomic E-state index is -0.327. The van der Waals surface area contributed by atoms with Crippen molar-refractivity contribution in [3.63, 3.8) is 0 Å². The van der Waals surface area contributed by atoms with E-state index in [-0.39, 0.29) is 17.4 Å². The Hall–Kier alpha value is -0.610. The van der Waals surface area contributed by atoms with E-state index in [2.05, 4.69) is 10.2 Å². The number of amides is 1. The number of nitrogens with two attached hydrogens (primary N) is 1. The number of hydrogen-bond donors (Lipinski definition) is 2. The summed E-state index contributed by atoms with van der Waals surface area (Å²) in [5.41, 5.74) is 5.81. The van der Waals surface area contributed by atoms with Gasteiger partial charge in [-0.05, 0) is 52.0 Å². The molecule has 4 atom stereocenters. The lowest BCUT2D eigenvalue weighted by Crippen LogP contribution is -2.53. The van der Waals surface area contributed by atoms with Gasteiger partial charge in [-0.3, -0.25) is 4.79 Å². The van der Waals surface area contributed by atoms with Gasteiger partial charge in [0.1, 0.15) is 0 Å². The van der Waals surface area contributed by atoms with Gasteiger partial charge >= 0.3 is 0 Å². The lowest BCUT2D eigenvalue weighted by atomic mass is 9.83. The summed E-state index contributed by atoms with van der Waals surface area (Å²) < 4.78 is 0. The van der Waals surface area contributed by atoms with Crippen molar-refractivity contribution in [1.82, 2.24) is 10.2 Å². The summed E-state index contributed by atoms with van der Waals surface area (Å²) in [5, 5.41) is 3.30. The van der Waals surface area contributed by atoms with Crippen LogP contribution in [0, 0.1) is 5.41 Å². The largest absolute Gasteiger partial charge is 0.353 e. The molecule has 3 aliphatic rings. The fourth-order valence-corrected chi connectivity index (χ4v) is 4.18. The van der Waals surface area contributed by atoms with Crippen LogP contribution in [0.5, 0.6) is 0 Å². The molecular formula is C15H27N3O. The van der Waals surface area contributed by atoms with E-state index >= 15 is 0 Å². The van der Waals surface area contributed by atoms with Crippen LogP contribution in [0.15, 0.2) is 0 Å². The second-order valence-electron chi connectivity index (χ2n) is 6.94. The fourth-order valence-electron chi connectivity index (χ4n) is 4.18. The number of rotatable bonds is 2. The van der Waals surface area contributed by atoms with Crippen molar-refractivity contribution < 1.29 is 4.79 Å². The van der Waals surface area contributed by atoms with Crippen molar-refractivity contribution in [2.75, 3.05) is 13.1 Å². The Balaban J connectivity index is 1.58. The predicted molar refractivity (Wildman–Crippen MR) is 75.7 cm³/mol. The van der Waals surface area contributed by atoms with Gasteiger partial charge in [-0.2, -0.15) is 0 Å². The second-order valence-corrected chi connectivity index (χ2v) is 6.94. The molecule has 0 aromatic carbocycles. The maximum atomic E-state index is 12.5. The smallest absolute Gasteiger partial charge is 0.227 e. The molecule has 0 aromatic rings.